The average molecular weight is 666 g/mol. The number of methoxy groups -OCH3 is 1. The second kappa shape index (κ2) is 13.7. The van der Waals surface area contributed by atoms with Crippen molar-refractivity contribution in [3.63, 3.8) is 0 Å². The Morgan fingerprint density at radius 2 is 1.88 bits per heavy atom. The number of fused-ring (bicyclic) bond motifs is 3. The van der Waals surface area contributed by atoms with E-state index in [1.807, 2.05) is 18.2 Å². The number of ether oxygens (including phenoxy) is 3. The first-order chi connectivity index (χ1) is 22.9. The number of aliphatic hydroxyl groups excluding tert-OH is 1. The molecular formula is C34H47N7O7. The largest absolute Gasteiger partial charge is 0.468 e. The standard InChI is InChI=1S/C34H47N7O7/c1-20(42)39-17-24(18-39)36-30-13-27(37-32(38-30)40-15-21-6-8-25(40)10-21)31(44)35-14-29(43)28-12-22-7-9-26(47-19-46-5)11-23(22)16-41(28)33(45)48-34(2,3)4/h7,9,11,13,21,24-25,28-29,43H,6,8,10,12,14-19H2,1-5H3,(H,35,44)(H,36,37,38)/t21?,25?,28-,29+/m0/s1. The van der Waals surface area contributed by atoms with E-state index in [4.69, 9.17) is 19.2 Å². The number of carbonyl (C=O) groups excluding carboxylic acids is 3. The van der Waals surface area contributed by atoms with Gasteiger partial charge in [-0.1, -0.05) is 6.07 Å². The Labute approximate surface area is 281 Å². The van der Waals surface area contributed by atoms with Crippen LogP contribution in [-0.4, -0.2) is 113 Å². The number of aliphatic hydroxyl groups is 1. The summed E-state index contributed by atoms with van der Waals surface area (Å²) >= 11 is 0. The van der Waals surface area contributed by atoms with E-state index < -0.39 is 29.7 Å². The van der Waals surface area contributed by atoms with Crippen molar-refractivity contribution in [3.05, 3.63) is 41.1 Å². The molecule has 1 aromatic carbocycles. The Hall–Kier alpha value is -4.17. The number of piperidine rings is 1. The number of benzene rings is 1. The van der Waals surface area contributed by atoms with Crippen molar-refractivity contribution < 1.29 is 33.7 Å². The molecule has 260 valence electrons. The molecule has 3 amide bonds. The number of anilines is 2. The summed E-state index contributed by atoms with van der Waals surface area (Å²) in [5, 5.41) is 17.7. The van der Waals surface area contributed by atoms with Gasteiger partial charge in [0.15, 0.2) is 6.79 Å². The number of hydrogen-bond donors (Lipinski definition) is 3. The summed E-state index contributed by atoms with van der Waals surface area (Å²) < 4.78 is 16.3. The molecule has 1 aliphatic carbocycles. The number of carbonyl (C=O) groups is 3. The molecule has 48 heavy (non-hydrogen) atoms. The van der Waals surface area contributed by atoms with E-state index in [1.54, 1.807) is 45.8 Å². The number of nitrogens with one attached hydrogen (secondary N) is 2. The smallest absolute Gasteiger partial charge is 0.410 e. The van der Waals surface area contributed by atoms with Crippen molar-refractivity contribution >= 4 is 29.7 Å². The summed E-state index contributed by atoms with van der Waals surface area (Å²) in [5.41, 5.74) is 1.29. The van der Waals surface area contributed by atoms with Gasteiger partial charge in [0.05, 0.1) is 18.2 Å². The second-order valence-corrected chi connectivity index (χ2v) is 14.3. The Morgan fingerprint density at radius 3 is 2.54 bits per heavy atom. The van der Waals surface area contributed by atoms with E-state index in [-0.39, 0.29) is 37.5 Å². The maximum absolute atomic E-state index is 13.6. The normalized spacial score (nSPS) is 22.5. The summed E-state index contributed by atoms with van der Waals surface area (Å²) in [6.45, 7) is 9.11. The molecule has 1 aromatic heterocycles. The molecular weight excluding hydrogens is 618 g/mol. The minimum Gasteiger partial charge on any atom is -0.468 e. The molecule has 14 nitrogen and oxygen atoms in total. The van der Waals surface area contributed by atoms with Gasteiger partial charge in [0.25, 0.3) is 5.91 Å². The third-order valence-corrected chi connectivity index (χ3v) is 9.53. The lowest BCUT2D eigenvalue weighted by Gasteiger charge is -2.40. The van der Waals surface area contributed by atoms with Gasteiger partial charge in [-0.15, -0.1) is 0 Å². The first kappa shape index (κ1) is 33.7. The molecule has 0 radical (unpaired) electrons. The van der Waals surface area contributed by atoms with Gasteiger partial charge in [-0.2, -0.15) is 4.98 Å². The molecule has 0 spiro atoms. The van der Waals surface area contributed by atoms with Crippen LogP contribution in [0.3, 0.4) is 0 Å². The van der Waals surface area contributed by atoms with Crippen LogP contribution in [0.2, 0.25) is 0 Å². The fourth-order valence-corrected chi connectivity index (χ4v) is 7.05. The summed E-state index contributed by atoms with van der Waals surface area (Å²) in [7, 11) is 1.54. The van der Waals surface area contributed by atoms with Crippen molar-refractivity contribution in [2.24, 2.45) is 5.92 Å². The van der Waals surface area contributed by atoms with Crippen LogP contribution in [0.1, 0.15) is 68.6 Å². The maximum atomic E-state index is 13.6. The zero-order valence-corrected chi connectivity index (χ0v) is 28.4. The van der Waals surface area contributed by atoms with E-state index in [2.05, 4.69) is 20.5 Å². The van der Waals surface area contributed by atoms with Gasteiger partial charge in [0.2, 0.25) is 11.9 Å². The van der Waals surface area contributed by atoms with E-state index in [0.717, 1.165) is 30.5 Å². The highest BCUT2D eigenvalue weighted by molar-refractivity contribution is 5.93. The van der Waals surface area contributed by atoms with Crippen LogP contribution in [0.4, 0.5) is 16.6 Å². The van der Waals surface area contributed by atoms with Crippen molar-refractivity contribution in [2.45, 2.75) is 89.8 Å². The van der Waals surface area contributed by atoms with Crippen LogP contribution < -0.4 is 20.3 Å². The first-order valence-corrected chi connectivity index (χ1v) is 16.7. The van der Waals surface area contributed by atoms with Crippen LogP contribution >= 0.6 is 0 Å². The topological polar surface area (TPSA) is 159 Å². The van der Waals surface area contributed by atoms with Crippen LogP contribution in [0.5, 0.6) is 5.75 Å². The fraction of sp³-hybridized carbons (Fsp3) is 0.618. The molecule has 3 fully saturated rings. The Morgan fingerprint density at radius 1 is 1.08 bits per heavy atom. The first-order valence-electron chi connectivity index (χ1n) is 16.7. The van der Waals surface area contributed by atoms with Gasteiger partial charge < -0.3 is 39.8 Å². The highest BCUT2D eigenvalue weighted by Gasteiger charge is 2.40. The lowest BCUT2D eigenvalue weighted by Crippen LogP contribution is -2.56. The molecule has 3 aliphatic heterocycles. The van der Waals surface area contributed by atoms with Gasteiger partial charge in [-0.3, -0.25) is 14.5 Å². The molecule has 4 heterocycles. The minimum atomic E-state index is -1.10. The molecule has 14 heteroatoms. The number of hydrogen-bond acceptors (Lipinski definition) is 11. The molecule has 2 unspecified atom stereocenters. The Kier molecular flexibility index (Phi) is 9.66. The third-order valence-electron chi connectivity index (χ3n) is 9.53. The van der Waals surface area contributed by atoms with Crippen molar-refractivity contribution in [3.8, 4) is 5.75 Å². The molecule has 1 saturated carbocycles. The highest BCUT2D eigenvalue weighted by atomic mass is 16.7. The number of aromatic nitrogens is 2. The number of rotatable bonds is 10. The Bertz CT molecular complexity index is 1530. The zero-order valence-electron chi connectivity index (χ0n) is 28.4. The summed E-state index contributed by atoms with van der Waals surface area (Å²) in [5.74, 6) is 1.82. The van der Waals surface area contributed by atoms with Crippen LogP contribution in [0, 0.1) is 5.92 Å². The fourth-order valence-electron chi connectivity index (χ4n) is 7.05. The lowest BCUT2D eigenvalue weighted by atomic mass is 9.91. The predicted molar refractivity (Wildman–Crippen MR) is 177 cm³/mol. The monoisotopic (exact) mass is 665 g/mol. The SMILES string of the molecule is COCOc1ccc2c(c1)CN(C(=O)OC(C)(C)C)[C@H]([C@H](O)CNC(=O)c1cc(NC3CN(C(C)=O)C3)nc(N3CC4CCC3C4)n1)C2. The van der Waals surface area contributed by atoms with Crippen molar-refractivity contribution in [1.82, 2.24) is 25.1 Å². The Balaban J connectivity index is 1.17. The number of amides is 3. The van der Waals surface area contributed by atoms with Gasteiger partial charge in [-0.05, 0) is 75.6 Å². The van der Waals surface area contributed by atoms with E-state index >= 15 is 0 Å². The molecule has 2 bridgehead atoms. The third kappa shape index (κ3) is 7.59. The molecule has 2 saturated heterocycles. The molecule has 2 aromatic rings. The van der Waals surface area contributed by atoms with E-state index in [0.29, 0.717) is 49.0 Å². The predicted octanol–water partition coefficient (Wildman–Crippen LogP) is 2.54. The summed E-state index contributed by atoms with van der Waals surface area (Å²) in [6, 6.07) is 6.96. The van der Waals surface area contributed by atoms with Gasteiger partial charge in [0, 0.05) is 58.9 Å². The van der Waals surface area contributed by atoms with Crippen LogP contribution in [0.15, 0.2) is 24.3 Å². The molecule has 3 N–H and O–H groups in total. The van der Waals surface area contributed by atoms with E-state index in [1.165, 1.54) is 11.3 Å². The van der Waals surface area contributed by atoms with Gasteiger partial charge in [0.1, 0.15) is 22.9 Å². The number of likely N-dealkylation sites (tertiary alicyclic amines) is 1. The number of nitrogens with zero attached hydrogens (tertiary/aromatic N) is 5. The highest BCUT2D eigenvalue weighted by Crippen LogP contribution is 2.39. The zero-order chi connectivity index (χ0) is 34.2. The van der Waals surface area contributed by atoms with Crippen LogP contribution in [-0.2, 0) is 27.2 Å². The minimum absolute atomic E-state index is 0.0238. The molecule has 4 atom stereocenters. The quantitative estimate of drug-likeness (QED) is 0.320. The van der Waals surface area contributed by atoms with Crippen molar-refractivity contribution in [2.75, 3.05) is 50.3 Å². The van der Waals surface area contributed by atoms with Crippen molar-refractivity contribution in [1.29, 1.82) is 0 Å². The van der Waals surface area contributed by atoms with Gasteiger partial charge >= 0.3 is 6.09 Å². The van der Waals surface area contributed by atoms with Gasteiger partial charge in [-0.25, -0.2) is 9.78 Å². The lowest BCUT2D eigenvalue weighted by molar-refractivity contribution is -0.132. The molecule has 4 aliphatic rings. The molecule has 6 rings (SSSR count). The van der Waals surface area contributed by atoms with E-state index in [9.17, 15) is 19.5 Å². The second-order valence-electron chi connectivity index (χ2n) is 14.3. The van der Waals surface area contributed by atoms with Crippen LogP contribution in [0.25, 0.3) is 0 Å². The summed E-state index contributed by atoms with van der Waals surface area (Å²) in [4.78, 5) is 53.6. The summed E-state index contributed by atoms with van der Waals surface area (Å²) in [6.07, 6.45) is 2.09. The maximum Gasteiger partial charge on any atom is 0.410 e. The average Bonchev–Trinajstić information content (AvgIpc) is 3.66.